The maximum atomic E-state index is 12.1. The lowest BCUT2D eigenvalue weighted by Gasteiger charge is -2.10. The first-order valence-electron chi connectivity index (χ1n) is 7.27. The molecule has 3 aliphatic rings. The number of carbonyl (C=O) groups is 2. The molecule has 1 aromatic carbocycles. The van der Waals surface area contributed by atoms with E-state index in [2.05, 4.69) is 11.4 Å². The maximum absolute atomic E-state index is 12.1. The molecule has 2 aliphatic heterocycles. The number of amides is 1. The third-order valence-corrected chi connectivity index (χ3v) is 4.41. The molecule has 1 N–H and O–H groups in total. The second-order valence-corrected chi connectivity index (χ2v) is 5.79. The van der Waals surface area contributed by atoms with E-state index in [0.717, 1.165) is 12.0 Å². The van der Waals surface area contributed by atoms with Crippen LogP contribution in [0.3, 0.4) is 0 Å². The Bertz CT molecular complexity index is 734. The number of nitrogens with one attached hydrogen (secondary N) is 1. The van der Waals surface area contributed by atoms with Crippen molar-refractivity contribution in [2.24, 2.45) is 5.92 Å². The van der Waals surface area contributed by atoms with E-state index in [1.54, 1.807) is 13.0 Å². The second kappa shape index (κ2) is 4.73. The third-order valence-electron chi connectivity index (χ3n) is 4.41. The average molecular weight is 297 g/mol. The summed E-state index contributed by atoms with van der Waals surface area (Å²) in [6.07, 6.45) is 3.18. The molecule has 1 fully saturated rings. The number of ether oxygens (including phenoxy) is 2. The molecule has 2 heterocycles. The third kappa shape index (κ3) is 1.93. The van der Waals surface area contributed by atoms with Crippen molar-refractivity contribution in [2.75, 3.05) is 0 Å². The molecule has 0 unspecified atom stereocenters. The van der Waals surface area contributed by atoms with Gasteiger partial charge in [-0.3, -0.25) is 4.79 Å². The summed E-state index contributed by atoms with van der Waals surface area (Å²) >= 11 is 0. The Labute approximate surface area is 127 Å². The van der Waals surface area contributed by atoms with Gasteiger partial charge in [0.25, 0.3) is 0 Å². The van der Waals surface area contributed by atoms with Crippen molar-refractivity contribution in [3.05, 3.63) is 58.9 Å². The number of hydrogen-bond acceptors (Lipinski definition) is 4. The summed E-state index contributed by atoms with van der Waals surface area (Å²) in [4.78, 5) is 23.5. The first kappa shape index (κ1) is 13.1. The van der Waals surface area contributed by atoms with Crippen molar-refractivity contribution in [1.82, 2.24) is 5.32 Å². The minimum absolute atomic E-state index is 0.00733. The summed E-state index contributed by atoms with van der Waals surface area (Å²) in [5.74, 6) is -0.495. The quantitative estimate of drug-likeness (QED) is 0.513. The summed E-state index contributed by atoms with van der Waals surface area (Å²) in [5, 5.41) is 2.67. The van der Waals surface area contributed by atoms with Gasteiger partial charge in [-0.05, 0) is 30.5 Å². The van der Waals surface area contributed by atoms with E-state index < -0.39 is 6.23 Å². The number of benzene rings is 1. The highest BCUT2D eigenvalue weighted by molar-refractivity contribution is 5.95. The van der Waals surface area contributed by atoms with Crippen LogP contribution in [0.15, 0.2) is 47.7 Å². The summed E-state index contributed by atoms with van der Waals surface area (Å²) in [6, 6.07) is 8.00. The van der Waals surface area contributed by atoms with Gasteiger partial charge in [0, 0.05) is 11.5 Å². The number of rotatable bonds is 2. The fourth-order valence-electron chi connectivity index (χ4n) is 3.25. The smallest absolute Gasteiger partial charge is 0.338 e. The van der Waals surface area contributed by atoms with E-state index >= 15 is 0 Å². The summed E-state index contributed by atoms with van der Waals surface area (Å²) < 4.78 is 11.0. The van der Waals surface area contributed by atoms with Gasteiger partial charge in [0.15, 0.2) is 6.23 Å². The number of fused-ring (bicyclic) bond motifs is 3. The molecule has 112 valence electrons. The first-order chi connectivity index (χ1) is 10.6. The first-order valence-corrected chi connectivity index (χ1v) is 7.27. The topological polar surface area (TPSA) is 64.6 Å². The van der Waals surface area contributed by atoms with Gasteiger partial charge in [-0.2, -0.15) is 0 Å². The van der Waals surface area contributed by atoms with Crippen LogP contribution in [-0.4, -0.2) is 18.1 Å². The van der Waals surface area contributed by atoms with Crippen LogP contribution in [0.2, 0.25) is 0 Å². The van der Waals surface area contributed by atoms with Gasteiger partial charge in [0.05, 0.1) is 11.8 Å². The van der Waals surface area contributed by atoms with E-state index in [9.17, 15) is 9.59 Å². The van der Waals surface area contributed by atoms with Gasteiger partial charge in [-0.25, -0.2) is 4.79 Å². The van der Waals surface area contributed by atoms with E-state index in [-0.39, 0.29) is 23.9 Å². The van der Waals surface area contributed by atoms with E-state index in [1.165, 1.54) is 11.8 Å². The Morgan fingerprint density at radius 2 is 2.14 bits per heavy atom. The molecule has 5 nitrogen and oxygen atoms in total. The molecule has 22 heavy (non-hydrogen) atoms. The van der Waals surface area contributed by atoms with Gasteiger partial charge in [-0.1, -0.05) is 24.3 Å². The van der Waals surface area contributed by atoms with E-state index in [1.807, 2.05) is 18.2 Å². The monoisotopic (exact) mass is 297 g/mol. The van der Waals surface area contributed by atoms with Crippen LogP contribution in [0.4, 0.5) is 0 Å². The van der Waals surface area contributed by atoms with Crippen molar-refractivity contribution in [2.45, 2.75) is 25.7 Å². The van der Waals surface area contributed by atoms with Crippen LogP contribution in [0.5, 0.6) is 0 Å². The van der Waals surface area contributed by atoms with Gasteiger partial charge in [0.2, 0.25) is 5.91 Å². The van der Waals surface area contributed by atoms with Crippen molar-refractivity contribution in [3.63, 3.8) is 0 Å². The predicted octanol–water partition coefficient (Wildman–Crippen LogP) is 1.76. The van der Waals surface area contributed by atoms with Crippen molar-refractivity contribution >= 4 is 11.9 Å². The number of hydrogen-bond donors (Lipinski definition) is 1. The van der Waals surface area contributed by atoms with E-state index in [4.69, 9.17) is 9.47 Å². The Balaban J connectivity index is 1.55. The van der Waals surface area contributed by atoms with Crippen LogP contribution in [0.1, 0.15) is 24.2 Å². The fraction of sp³-hybridized carbons (Fsp3) is 0.294. The normalized spacial score (nSPS) is 30.7. The Hall–Kier alpha value is -2.56. The van der Waals surface area contributed by atoms with Crippen LogP contribution in [0.25, 0.3) is 0 Å². The molecule has 0 saturated carbocycles. The van der Waals surface area contributed by atoms with Crippen LogP contribution in [0, 0.1) is 5.92 Å². The Morgan fingerprint density at radius 1 is 1.32 bits per heavy atom. The lowest BCUT2D eigenvalue weighted by Crippen LogP contribution is -2.28. The molecule has 0 spiro atoms. The summed E-state index contributed by atoms with van der Waals surface area (Å²) in [7, 11) is 0. The van der Waals surface area contributed by atoms with Gasteiger partial charge in [0.1, 0.15) is 6.10 Å². The maximum Gasteiger partial charge on any atom is 0.338 e. The lowest BCUT2D eigenvalue weighted by molar-refractivity contribution is -0.139. The molecule has 5 heteroatoms. The highest BCUT2D eigenvalue weighted by Crippen LogP contribution is 2.47. The fourth-order valence-corrected chi connectivity index (χ4v) is 3.25. The molecular weight excluding hydrogens is 282 g/mol. The highest BCUT2D eigenvalue weighted by atomic mass is 16.6. The zero-order valence-corrected chi connectivity index (χ0v) is 12.0. The number of esters is 1. The Morgan fingerprint density at radius 3 is 2.91 bits per heavy atom. The van der Waals surface area contributed by atoms with Crippen molar-refractivity contribution < 1.29 is 19.1 Å². The van der Waals surface area contributed by atoms with Crippen molar-refractivity contribution in [1.29, 1.82) is 0 Å². The van der Waals surface area contributed by atoms with Gasteiger partial charge in [-0.15, -0.1) is 0 Å². The minimum Gasteiger partial charge on any atom is -0.474 e. The molecule has 3 atom stereocenters. The molecule has 0 aromatic heterocycles. The molecule has 0 bridgehead atoms. The average Bonchev–Trinajstić information content (AvgIpc) is 3.10. The molecule has 1 aromatic rings. The summed E-state index contributed by atoms with van der Waals surface area (Å²) in [6.45, 7) is 1.72. The molecule has 1 aliphatic carbocycles. The standard InChI is InChI=1S/C17H15NO4/c1-9-6-14(18-16(9)19)21-8-13-12-7-10-4-2-3-5-11(10)15(12)22-17(13)20/h2-6,8,12,14-15H,7H2,1H3,(H,18,19)/b13-8-/t12-,14+,15-/m1/s1. The van der Waals surface area contributed by atoms with Crippen molar-refractivity contribution in [3.8, 4) is 0 Å². The molecule has 1 saturated heterocycles. The highest BCUT2D eigenvalue weighted by Gasteiger charge is 2.46. The molecule has 4 rings (SSSR count). The van der Waals surface area contributed by atoms with Crippen LogP contribution in [-0.2, 0) is 25.5 Å². The summed E-state index contributed by atoms with van der Waals surface area (Å²) in [5.41, 5.74) is 3.44. The SMILES string of the molecule is CC1=C[C@H](O/C=C2\C(=O)O[C@@H]3c4ccccc4C[C@H]23)NC1=O. The number of carbonyl (C=O) groups excluding carboxylic acids is 2. The van der Waals surface area contributed by atoms with Crippen LogP contribution >= 0.6 is 0 Å². The zero-order valence-electron chi connectivity index (χ0n) is 12.0. The minimum atomic E-state index is -0.518. The van der Waals surface area contributed by atoms with Gasteiger partial charge >= 0.3 is 5.97 Å². The predicted molar refractivity (Wildman–Crippen MR) is 77.3 cm³/mol. The lowest BCUT2D eigenvalue weighted by atomic mass is 9.98. The second-order valence-electron chi connectivity index (χ2n) is 5.79. The largest absolute Gasteiger partial charge is 0.474 e. The molecule has 1 amide bonds. The van der Waals surface area contributed by atoms with Gasteiger partial charge < -0.3 is 14.8 Å². The zero-order chi connectivity index (χ0) is 15.3. The van der Waals surface area contributed by atoms with E-state index in [0.29, 0.717) is 11.1 Å². The molecule has 0 radical (unpaired) electrons. The molecular formula is C17H15NO4. The Kier molecular flexibility index (Phi) is 2.82. The van der Waals surface area contributed by atoms with Crippen LogP contribution < -0.4 is 5.32 Å².